The Morgan fingerprint density at radius 2 is 2.23 bits per heavy atom. The maximum atomic E-state index is 12.9. The monoisotopic (exact) mass is 358 g/mol. The van der Waals surface area contributed by atoms with Gasteiger partial charge in [0.2, 0.25) is 11.8 Å². The van der Waals surface area contributed by atoms with Crippen molar-refractivity contribution < 1.29 is 14.3 Å². The minimum absolute atomic E-state index is 0.0178. The number of imidazole rings is 1. The second kappa shape index (κ2) is 7.86. The minimum Gasteiger partial charge on any atom is -0.375 e. The van der Waals surface area contributed by atoms with Crippen LogP contribution in [0.4, 0.5) is 0 Å². The number of hydrogen-bond donors (Lipinski definition) is 0. The molecule has 1 saturated heterocycles. The quantitative estimate of drug-likeness (QED) is 0.780. The molecule has 2 amide bonds. The van der Waals surface area contributed by atoms with Crippen molar-refractivity contribution in [3.05, 3.63) is 35.8 Å². The number of likely N-dealkylation sites (tertiary alicyclic amines) is 1. The molecule has 1 aliphatic heterocycles. The molecule has 26 heavy (non-hydrogen) atoms. The van der Waals surface area contributed by atoms with E-state index >= 15 is 0 Å². The van der Waals surface area contributed by atoms with Crippen LogP contribution in [-0.2, 0) is 20.7 Å². The van der Waals surface area contributed by atoms with Crippen molar-refractivity contribution in [3.8, 4) is 0 Å². The second-order valence-electron chi connectivity index (χ2n) is 6.71. The summed E-state index contributed by atoms with van der Waals surface area (Å²) in [7, 11) is 1.52. The summed E-state index contributed by atoms with van der Waals surface area (Å²) >= 11 is 0. The first-order chi connectivity index (χ1) is 12.5. The molecule has 1 unspecified atom stereocenters. The van der Waals surface area contributed by atoms with Crippen LogP contribution in [0.2, 0.25) is 0 Å². The molecule has 0 radical (unpaired) electrons. The molecule has 0 spiro atoms. The molecule has 7 heteroatoms. The molecule has 1 atom stereocenters. The Balaban J connectivity index is 1.69. The fraction of sp³-hybridized carbons (Fsp3) is 0.526. The van der Waals surface area contributed by atoms with Crippen molar-refractivity contribution in [2.45, 2.75) is 32.7 Å². The Bertz CT molecular complexity index is 801. The van der Waals surface area contributed by atoms with E-state index in [2.05, 4.69) is 4.98 Å². The number of ether oxygens (including phenoxy) is 1. The summed E-state index contributed by atoms with van der Waals surface area (Å²) in [6, 6.07) is 4.04. The van der Waals surface area contributed by atoms with Crippen molar-refractivity contribution >= 4 is 17.5 Å². The summed E-state index contributed by atoms with van der Waals surface area (Å²) in [6.45, 7) is 5.96. The summed E-state index contributed by atoms with van der Waals surface area (Å²) in [5.41, 5.74) is 2.86. The summed E-state index contributed by atoms with van der Waals surface area (Å²) in [6.07, 6.45) is 4.83. The molecule has 0 aromatic carbocycles. The first kappa shape index (κ1) is 18.4. The molecular weight excluding hydrogens is 332 g/mol. The Morgan fingerprint density at radius 3 is 2.96 bits per heavy atom. The number of pyridine rings is 1. The zero-order chi connectivity index (χ0) is 18.7. The van der Waals surface area contributed by atoms with Gasteiger partial charge in [0.15, 0.2) is 0 Å². The molecule has 2 aromatic rings. The van der Waals surface area contributed by atoms with Crippen molar-refractivity contribution in [2.24, 2.45) is 0 Å². The maximum Gasteiger partial charge on any atom is 0.248 e. The van der Waals surface area contributed by atoms with Crippen LogP contribution in [0, 0.1) is 6.92 Å². The van der Waals surface area contributed by atoms with Crippen molar-refractivity contribution in [2.75, 3.05) is 33.4 Å². The number of fused-ring (bicyclic) bond motifs is 1. The van der Waals surface area contributed by atoms with Gasteiger partial charge in [-0.1, -0.05) is 6.07 Å². The van der Waals surface area contributed by atoms with Gasteiger partial charge >= 0.3 is 0 Å². The molecule has 0 bridgehead atoms. The standard InChI is InChI=1S/C19H26N4O3/c1-4-22(15-7-9-21(12-15)18(25)13-26-3)17(24)10-16-11-20-19-14(2)6-5-8-23(16)19/h5-6,8,11,15H,4,7,9-10,12-13H2,1-3H3. The van der Waals surface area contributed by atoms with Gasteiger partial charge in [0.05, 0.1) is 18.2 Å². The fourth-order valence-electron chi connectivity index (χ4n) is 3.67. The van der Waals surface area contributed by atoms with Crippen molar-refractivity contribution in [3.63, 3.8) is 0 Å². The number of hydrogen-bond acceptors (Lipinski definition) is 4. The third kappa shape index (κ3) is 3.58. The highest BCUT2D eigenvalue weighted by molar-refractivity contribution is 5.80. The average molecular weight is 358 g/mol. The van der Waals surface area contributed by atoms with Gasteiger partial charge in [-0.2, -0.15) is 0 Å². The maximum absolute atomic E-state index is 12.9. The molecule has 1 aliphatic rings. The van der Waals surface area contributed by atoms with Crippen LogP contribution < -0.4 is 0 Å². The highest BCUT2D eigenvalue weighted by Crippen LogP contribution is 2.18. The Labute approximate surface area is 153 Å². The lowest BCUT2D eigenvalue weighted by Gasteiger charge is -2.28. The van der Waals surface area contributed by atoms with Crippen LogP contribution in [-0.4, -0.2) is 70.4 Å². The van der Waals surface area contributed by atoms with Gasteiger partial charge < -0.3 is 18.9 Å². The van der Waals surface area contributed by atoms with E-state index in [4.69, 9.17) is 4.74 Å². The third-order valence-electron chi connectivity index (χ3n) is 5.03. The third-order valence-corrected chi connectivity index (χ3v) is 5.03. The van der Waals surface area contributed by atoms with Gasteiger partial charge in [0, 0.05) is 39.1 Å². The van der Waals surface area contributed by atoms with E-state index in [1.807, 2.05) is 41.5 Å². The summed E-state index contributed by atoms with van der Waals surface area (Å²) in [4.78, 5) is 33.0. The van der Waals surface area contributed by atoms with Gasteiger partial charge in [0.1, 0.15) is 12.3 Å². The van der Waals surface area contributed by atoms with Gasteiger partial charge in [-0.15, -0.1) is 0 Å². The van der Waals surface area contributed by atoms with Crippen LogP contribution in [0.25, 0.3) is 5.65 Å². The molecule has 3 heterocycles. The molecule has 0 N–H and O–H groups in total. The zero-order valence-corrected chi connectivity index (χ0v) is 15.6. The van der Waals surface area contributed by atoms with Crippen molar-refractivity contribution in [1.29, 1.82) is 0 Å². The number of nitrogens with zero attached hydrogens (tertiary/aromatic N) is 4. The van der Waals surface area contributed by atoms with Gasteiger partial charge in [-0.3, -0.25) is 9.59 Å². The Hall–Kier alpha value is -2.41. The number of carbonyl (C=O) groups excluding carboxylic acids is 2. The molecule has 0 saturated carbocycles. The largest absolute Gasteiger partial charge is 0.375 e. The van der Waals surface area contributed by atoms with Crippen LogP contribution in [0.3, 0.4) is 0 Å². The number of amides is 2. The lowest BCUT2D eigenvalue weighted by Crippen LogP contribution is -2.43. The number of aryl methyl sites for hydroxylation is 1. The molecule has 3 rings (SSSR count). The van der Waals surface area contributed by atoms with Gasteiger partial charge in [-0.05, 0) is 31.9 Å². The van der Waals surface area contributed by atoms with Gasteiger partial charge in [-0.25, -0.2) is 4.98 Å². The fourth-order valence-corrected chi connectivity index (χ4v) is 3.67. The Morgan fingerprint density at radius 1 is 1.42 bits per heavy atom. The van der Waals surface area contributed by atoms with Crippen LogP contribution in [0.1, 0.15) is 24.6 Å². The van der Waals surface area contributed by atoms with Crippen LogP contribution in [0.5, 0.6) is 0 Å². The van der Waals surface area contributed by atoms with E-state index in [0.717, 1.165) is 23.3 Å². The number of rotatable bonds is 6. The van der Waals surface area contributed by atoms with Crippen LogP contribution in [0.15, 0.2) is 24.5 Å². The lowest BCUT2D eigenvalue weighted by molar-refractivity contribution is -0.136. The molecule has 7 nitrogen and oxygen atoms in total. The second-order valence-corrected chi connectivity index (χ2v) is 6.71. The number of aromatic nitrogens is 2. The normalized spacial score (nSPS) is 17.0. The number of likely N-dealkylation sites (N-methyl/N-ethyl adjacent to an activating group) is 1. The first-order valence-corrected chi connectivity index (χ1v) is 9.02. The average Bonchev–Trinajstić information content (AvgIpc) is 3.25. The molecule has 1 fully saturated rings. The van der Waals surface area contributed by atoms with E-state index < -0.39 is 0 Å². The Kier molecular flexibility index (Phi) is 5.56. The number of methoxy groups -OCH3 is 1. The molecule has 0 aliphatic carbocycles. The SMILES string of the molecule is CCN(C(=O)Cc1cnc2c(C)cccn12)C1CCN(C(=O)COC)C1. The molecule has 2 aromatic heterocycles. The van der Waals surface area contributed by atoms with E-state index in [1.54, 1.807) is 11.1 Å². The molecular formula is C19H26N4O3. The molecule has 140 valence electrons. The van der Waals surface area contributed by atoms with E-state index in [1.165, 1.54) is 7.11 Å². The topological polar surface area (TPSA) is 67.2 Å². The smallest absolute Gasteiger partial charge is 0.248 e. The van der Waals surface area contributed by atoms with E-state index in [0.29, 0.717) is 26.1 Å². The summed E-state index contributed by atoms with van der Waals surface area (Å²) < 4.78 is 6.90. The lowest BCUT2D eigenvalue weighted by atomic mass is 10.2. The predicted octanol–water partition coefficient (Wildman–Crippen LogP) is 1.28. The highest BCUT2D eigenvalue weighted by Gasteiger charge is 2.32. The zero-order valence-electron chi connectivity index (χ0n) is 15.6. The summed E-state index contributed by atoms with van der Waals surface area (Å²) in [5, 5.41) is 0. The first-order valence-electron chi connectivity index (χ1n) is 9.02. The number of carbonyl (C=O) groups is 2. The van der Waals surface area contributed by atoms with Crippen LogP contribution >= 0.6 is 0 Å². The summed E-state index contributed by atoms with van der Waals surface area (Å²) in [5.74, 6) is 0.0533. The van der Waals surface area contributed by atoms with Gasteiger partial charge in [0.25, 0.3) is 0 Å². The predicted molar refractivity (Wildman–Crippen MR) is 97.9 cm³/mol. The highest BCUT2D eigenvalue weighted by atomic mass is 16.5. The van der Waals surface area contributed by atoms with E-state index in [9.17, 15) is 9.59 Å². The minimum atomic E-state index is -0.0178. The van der Waals surface area contributed by atoms with Crippen molar-refractivity contribution in [1.82, 2.24) is 19.2 Å². The van der Waals surface area contributed by atoms with E-state index in [-0.39, 0.29) is 24.5 Å².